The molecule has 0 saturated heterocycles. The first kappa shape index (κ1) is 17.4. The first-order valence-electron chi connectivity index (χ1n) is 5.39. The first-order valence-corrected chi connectivity index (χ1v) is 6.18. The van der Waals surface area contributed by atoms with Gasteiger partial charge in [0.2, 0.25) is 5.91 Å². The minimum atomic E-state index is -0.322. The van der Waals surface area contributed by atoms with Gasteiger partial charge in [0.15, 0.2) is 0 Å². The van der Waals surface area contributed by atoms with Gasteiger partial charge in [0.1, 0.15) is 5.82 Å². The van der Waals surface area contributed by atoms with Crippen LogP contribution >= 0.6 is 28.3 Å². The highest BCUT2D eigenvalue weighted by Gasteiger charge is 2.16. The Bertz CT molecular complexity index is 415. The number of carbonyl (C=O) groups is 1. The van der Waals surface area contributed by atoms with Crippen LogP contribution < -0.4 is 11.1 Å². The van der Waals surface area contributed by atoms with Crippen molar-refractivity contribution in [1.29, 1.82) is 0 Å². The average Bonchev–Trinajstić information content (AvgIpc) is 2.28. The van der Waals surface area contributed by atoms with Gasteiger partial charge in [-0.2, -0.15) is 0 Å². The number of hydrogen-bond acceptors (Lipinski definition) is 2. The van der Waals surface area contributed by atoms with Crippen LogP contribution in [0.15, 0.2) is 22.7 Å². The van der Waals surface area contributed by atoms with Gasteiger partial charge >= 0.3 is 0 Å². The molecule has 0 aliphatic rings. The van der Waals surface area contributed by atoms with Crippen molar-refractivity contribution in [2.45, 2.75) is 26.4 Å². The Morgan fingerprint density at radius 2 is 2.11 bits per heavy atom. The fourth-order valence-electron chi connectivity index (χ4n) is 1.26. The summed E-state index contributed by atoms with van der Waals surface area (Å²) in [5.74, 6) is -0.712. The van der Waals surface area contributed by atoms with Crippen LogP contribution in [0.3, 0.4) is 0 Å². The molecule has 6 heteroatoms. The highest BCUT2D eigenvalue weighted by atomic mass is 79.9. The predicted molar refractivity (Wildman–Crippen MR) is 76.0 cm³/mol. The molecule has 0 aromatic heterocycles. The zero-order chi connectivity index (χ0) is 13.0. The third-order valence-corrected chi connectivity index (χ3v) is 3.44. The average molecular weight is 340 g/mol. The summed E-state index contributed by atoms with van der Waals surface area (Å²) in [7, 11) is 0. The van der Waals surface area contributed by atoms with E-state index in [1.165, 1.54) is 12.1 Å². The van der Waals surface area contributed by atoms with Crippen molar-refractivity contribution in [2.75, 3.05) is 0 Å². The monoisotopic (exact) mass is 338 g/mol. The van der Waals surface area contributed by atoms with Gasteiger partial charge in [-0.25, -0.2) is 4.39 Å². The van der Waals surface area contributed by atoms with Crippen LogP contribution in [0.4, 0.5) is 4.39 Å². The quantitative estimate of drug-likeness (QED) is 0.886. The van der Waals surface area contributed by atoms with Crippen molar-refractivity contribution in [2.24, 2.45) is 11.7 Å². The van der Waals surface area contributed by atoms with Crippen LogP contribution in [-0.4, -0.2) is 11.9 Å². The Hall–Kier alpha value is -0.650. The normalized spacial score (nSPS) is 13.4. The van der Waals surface area contributed by atoms with E-state index in [9.17, 15) is 9.18 Å². The van der Waals surface area contributed by atoms with E-state index in [0.29, 0.717) is 5.56 Å². The Morgan fingerprint density at radius 1 is 1.50 bits per heavy atom. The molecule has 3 nitrogen and oxygen atoms in total. The third kappa shape index (κ3) is 4.92. The van der Waals surface area contributed by atoms with Crippen LogP contribution in [-0.2, 0) is 11.3 Å². The molecule has 1 amide bonds. The molecule has 2 unspecified atom stereocenters. The van der Waals surface area contributed by atoms with E-state index >= 15 is 0 Å². The lowest BCUT2D eigenvalue weighted by molar-refractivity contribution is -0.125. The first-order chi connectivity index (χ1) is 7.91. The predicted octanol–water partition coefficient (Wildman–Crippen LogP) is 2.61. The van der Waals surface area contributed by atoms with E-state index in [0.717, 1.165) is 4.47 Å². The zero-order valence-corrected chi connectivity index (χ0v) is 12.6. The Balaban J connectivity index is 0.00000289. The maximum absolute atomic E-state index is 13.0. The van der Waals surface area contributed by atoms with Crippen LogP contribution in [0.5, 0.6) is 0 Å². The summed E-state index contributed by atoms with van der Waals surface area (Å²) in [5.41, 5.74) is 6.33. The molecule has 1 aromatic rings. The molecule has 0 aliphatic carbocycles. The van der Waals surface area contributed by atoms with Gasteiger partial charge in [-0.15, -0.1) is 12.4 Å². The van der Waals surface area contributed by atoms with Crippen molar-refractivity contribution < 1.29 is 9.18 Å². The Labute approximate surface area is 121 Å². The van der Waals surface area contributed by atoms with E-state index in [1.807, 2.05) is 0 Å². The van der Waals surface area contributed by atoms with Crippen molar-refractivity contribution in [3.05, 3.63) is 34.1 Å². The zero-order valence-electron chi connectivity index (χ0n) is 10.2. The van der Waals surface area contributed by atoms with Crippen molar-refractivity contribution in [3.63, 3.8) is 0 Å². The van der Waals surface area contributed by atoms with Crippen LogP contribution in [0.25, 0.3) is 0 Å². The van der Waals surface area contributed by atoms with Gasteiger partial charge in [-0.3, -0.25) is 4.79 Å². The largest absolute Gasteiger partial charge is 0.352 e. The minimum Gasteiger partial charge on any atom is -0.352 e. The minimum absolute atomic E-state index is 0. The van der Waals surface area contributed by atoms with E-state index in [-0.39, 0.29) is 42.6 Å². The van der Waals surface area contributed by atoms with E-state index in [4.69, 9.17) is 5.73 Å². The molecule has 1 aromatic carbocycles. The molecule has 0 heterocycles. The molecular weight excluding hydrogens is 322 g/mol. The molecule has 0 aliphatic heterocycles. The molecule has 0 radical (unpaired) electrons. The van der Waals surface area contributed by atoms with Crippen LogP contribution in [0.1, 0.15) is 19.4 Å². The summed E-state index contributed by atoms with van der Waals surface area (Å²) >= 11 is 3.30. The molecule has 2 atom stereocenters. The number of carbonyl (C=O) groups excluding carboxylic acids is 1. The molecule has 18 heavy (non-hydrogen) atoms. The highest BCUT2D eigenvalue weighted by Crippen LogP contribution is 2.17. The number of amides is 1. The van der Waals surface area contributed by atoms with Crippen LogP contribution in [0, 0.1) is 11.7 Å². The standard InChI is InChI=1S/C12H16BrFN2O.ClH/c1-7(8(2)15)12(17)16-6-9-5-10(14)3-4-11(9)13;/h3-5,7-8H,6,15H2,1-2H3,(H,16,17);1H. The van der Waals surface area contributed by atoms with Crippen molar-refractivity contribution >= 4 is 34.2 Å². The molecule has 1 rings (SSSR count). The van der Waals surface area contributed by atoms with E-state index in [1.54, 1.807) is 19.9 Å². The fraction of sp³-hybridized carbons (Fsp3) is 0.417. The number of hydrogen-bond donors (Lipinski definition) is 2. The summed E-state index contributed by atoms with van der Waals surface area (Å²) in [6.45, 7) is 3.83. The molecule has 0 bridgehead atoms. The highest BCUT2D eigenvalue weighted by molar-refractivity contribution is 9.10. The summed E-state index contributed by atoms with van der Waals surface area (Å²) in [4.78, 5) is 11.7. The number of benzene rings is 1. The van der Waals surface area contributed by atoms with E-state index < -0.39 is 0 Å². The number of rotatable bonds is 4. The molecule has 102 valence electrons. The molecule has 3 N–H and O–H groups in total. The summed E-state index contributed by atoms with van der Waals surface area (Å²) in [6.07, 6.45) is 0. The lowest BCUT2D eigenvalue weighted by Gasteiger charge is -2.15. The SMILES string of the molecule is CC(N)C(C)C(=O)NCc1cc(F)ccc1Br.Cl. The molecule has 0 spiro atoms. The van der Waals surface area contributed by atoms with Gasteiger partial charge in [0.05, 0.1) is 0 Å². The topological polar surface area (TPSA) is 55.1 Å². The summed E-state index contributed by atoms with van der Waals surface area (Å²) in [6, 6.07) is 4.16. The summed E-state index contributed by atoms with van der Waals surface area (Å²) in [5, 5.41) is 2.73. The summed E-state index contributed by atoms with van der Waals surface area (Å²) < 4.78 is 13.8. The van der Waals surface area contributed by atoms with Crippen LogP contribution in [0.2, 0.25) is 0 Å². The van der Waals surface area contributed by atoms with Gasteiger partial charge in [0.25, 0.3) is 0 Å². The molecule has 0 fully saturated rings. The number of nitrogens with two attached hydrogens (primary N) is 1. The molecular formula is C12H17BrClFN2O. The fourth-order valence-corrected chi connectivity index (χ4v) is 1.65. The van der Waals surface area contributed by atoms with Gasteiger partial charge in [0, 0.05) is 23.0 Å². The second-order valence-corrected chi connectivity index (χ2v) is 4.96. The maximum Gasteiger partial charge on any atom is 0.224 e. The van der Waals surface area contributed by atoms with Gasteiger partial charge < -0.3 is 11.1 Å². The van der Waals surface area contributed by atoms with Gasteiger partial charge in [-0.05, 0) is 30.7 Å². The third-order valence-electron chi connectivity index (χ3n) is 2.66. The van der Waals surface area contributed by atoms with Gasteiger partial charge in [-0.1, -0.05) is 22.9 Å². The second kappa shape index (κ2) is 7.71. The smallest absolute Gasteiger partial charge is 0.224 e. The molecule has 0 saturated carbocycles. The maximum atomic E-state index is 13.0. The van der Waals surface area contributed by atoms with Crippen molar-refractivity contribution in [3.8, 4) is 0 Å². The van der Waals surface area contributed by atoms with E-state index in [2.05, 4.69) is 21.2 Å². The Morgan fingerprint density at radius 3 is 2.67 bits per heavy atom. The number of nitrogens with one attached hydrogen (secondary N) is 1. The second-order valence-electron chi connectivity index (χ2n) is 4.10. The lowest BCUT2D eigenvalue weighted by atomic mass is 10.0. The lowest BCUT2D eigenvalue weighted by Crippen LogP contribution is -2.38. The van der Waals surface area contributed by atoms with Crippen molar-refractivity contribution in [1.82, 2.24) is 5.32 Å². The number of halogens is 3. The Kier molecular flexibility index (Phi) is 7.43.